The van der Waals surface area contributed by atoms with Crippen molar-refractivity contribution in [3.8, 4) is 0 Å². The Morgan fingerprint density at radius 1 is 1.15 bits per heavy atom. The first-order chi connectivity index (χ1) is 12.1. The van der Waals surface area contributed by atoms with Crippen LogP contribution in [-0.2, 0) is 28.8 Å². The second-order valence-electron chi connectivity index (χ2n) is 5.89. The molecule has 0 aromatic carbocycles. The van der Waals surface area contributed by atoms with E-state index in [2.05, 4.69) is 4.18 Å². The van der Waals surface area contributed by atoms with Crippen molar-refractivity contribution in [2.45, 2.75) is 55.1 Å². The van der Waals surface area contributed by atoms with Crippen LogP contribution in [0.15, 0.2) is 0 Å². The summed E-state index contributed by atoms with van der Waals surface area (Å²) in [6, 6.07) is 0. The zero-order valence-corrected chi connectivity index (χ0v) is 17.1. The molecule has 0 bridgehead atoms. The molecule has 27 heavy (non-hydrogen) atoms. The van der Waals surface area contributed by atoms with Gasteiger partial charge in [-0.3, -0.25) is 4.18 Å². The van der Waals surface area contributed by atoms with Crippen molar-refractivity contribution in [2.24, 2.45) is 0 Å². The van der Waals surface area contributed by atoms with Crippen LogP contribution in [0, 0.1) is 0 Å². The summed E-state index contributed by atoms with van der Waals surface area (Å²) in [6.45, 7) is -1.82. The number of aliphatic hydroxyl groups is 6. The Morgan fingerprint density at radius 2 is 1.78 bits per heavy atom. The Hall–Kier alpha value is 0.510. The predicted octanol–water partition coefficient (Wildman–Crippen LogP) is -8.23. The molecular weight excluding hydrogens is 407 g/mol. The number of aliphatic hydroxyl groups excluding tert-OH is 6. The summed E-state index contributed by atoms with van der Waals surface area (Å²) in [5, 5.41) is 57.9. The molecule has 0 aromatic rings. The van der Waals surface area contributed by atoms with Gasteiger partial charge in [-0.1, -0.05) is 0 Å². The maximum absolute atomic E-state index is 10.8. The van der Waals surface area contributed by atoms with E-state index in [1.165, 1.54) is 0 Å². The van der Waals surface area contributed by atoms with Crippen molar-refractivity contribution >= 4 is 10.4 Å². The molecule has 2 aliphatic rings. The van der Waals surface area contributed by atoms with Gasteiger partial charge in [0, 0.05) is 0 Å². The van der Waals surface area contributed by atoms with Gasteiger partial charge in [-0.25, -0.2) is 8.42 Å². The predicted molar refractivity (Wildman–Crippen MR) is 76.0 cm³/mol. The second-order valence-corrected chi connectivity index (χ2v) is 6.90. The van der Waals surface area contributed by atoms with Crippen LogP contribution >= 0.6 is 0 Å². The van der Waals surface area contributed by atoms with Gasteiger partial charge in [0.1, 0.15) is 48.8 Å². The van der Waals surface area contributed by atoms with Gasteiger partial charge in [-0.2, -0.15) is 0 Å². The molecule has 0 aromatic heterocycles. The van der Waals surface area contributed by atoms with Crippen LogP contribution in [0.25, 0.3) is 0 Å². The molecule has 0 spiro atoms. The van der Waals surface area contributed by atoms with Crippen LogP contribution in [0.5, 0.6) is 0 Å². The molecule has 0 amide bonds. The molecule has 2 aliphatic heterocycles. The average molecular weight is 428 g/mol. The summed E-state index contributed by atoms with van der Waals surface area (Å²) in [6.07, 6.45) is -14.4. The summed E-state index contributed by atoms with van der Waals surface area (Å²) < 4.78 is 52.1. The molecule has 0 radical (unpaired) electrons. The third kappa shape index (κ3) is 6.24. The SMILES string of the molecule is O=S(=O)([O-])O[C@H]1[C@@H](O)[C@@H](CO)O[C@@H](O[C@H]2[C@H]([C@H](O)CO)OC[C@@H]2O)[C@@H]1O.[Na+]. The van der Waals surface area contributed by atoms with Crippen molar-refractivity contribution < 1.29 is 91.6 Å². The maximum Gasteiger partial charge on any atom is 1.00 e. The third-order valence-corrected chi connectivity index (χ3v) is 4.53. The van der Waals surface area contributed by atoms with Crippen LogP contribution in [0.4, 0.5) is 0 Å². The fourth-order valence-electron chi connectivity index (χ4n) is 2.79. The minimum atomic E-state index is -5.32. The first-order valence-electron chi connectivity index (χ1n) is 7.59. The van der Waals surface area contributed by atoms with Crippen LogP contribution in [0.1, 0.15) is 0 Å². The van der Waals surface area contributed by atoms with E-state index in [0.29, 0.717) is 0 Å². The van der Waals surface area contributed by atoms with Crippen molar-refractivity contribution in [3.63, 3.8) is 0 Å². The standard InChI is InChI=1S/C12H22O13S.Na/c13-1-4(15)9-10(5(16)3-22-9)24-12-8(18)11(25-26(19,20)21)7(17)6(2-14)23-12;/h4-18H,1-3H2,(H,19,20,21);/q;+1/p-1/t4-,5+,6-,7+,8-,9+,10-,11+,12+;/m1./s1. The molecule has 2 fully saturated rings. The van der Waals surface area contributed by atoms with Gasteiger partial charge in [0.25, 0.3) is 0 Å². The monoisotopic (exact) mass is 428 g/mol. The van der Waals surface area contributed by atoms with Crippen LogP contribution in [-0.4, -0.2) is 119 Å². The van der Waals surface area contributed by atoms with Gasteiger partial charge in [0.2, 0.25) is 10.4 Å². The molecule has 15 heteroatoms. The van der Waals surface area contributed by atoms with E-state index < -0.39 is 78.7 Å². The third-order valence-electron chi connectivity index (χ3n) is 4.07. The molecule has 6 N–H and O–H groups in total. The Bertz CT molecular complexity index is 561. The molecule has 2 saturated heterocycles. The van der Waals surface area contributed by atoms with E-state index >= 15 is 0 Å². The zero-order valence-electron chi connectivity index (χ0n) is 14.3. The Balaban J connectivity index is 0.00000364. The minimum Gasteiger partial charge on any atom is -0.726 e. The number of rotatable bonds is 7. The van der Waals surface area contributed by atoms with Gasteiger partial charge in [-0.05, 0) is 0 Å². The molecule has 9 atom stereocenters. The Labute approximate surface area is 176 Å². The normalized spacial score (nSPS) is 41.1. The van der Waals surface area contributed by atoms with Gasteiger partial charge >= 0.3 is 29.6 Å². The number of ether oxygens (including phenoxy) is 3. The molecule has 2 rings (SSSR count). The van der Waals surface area contributed by atoms with Gasteiger partial charge < -0.3 is 49.4 Å². The van der Waals surface area contributed by atoms with E-state index in [1.54, 1.807) is 0 Å². The first-order valence-corrected chi connectivity index (χ1v) is 8.93. The molecule has 13 nitrogen and oxygen atoms in total. The molecule has 154 valence electrons. The van der Waals surface area contributed by atoms with Crippen molar-refractivity contribution in [1.82, 2.24) is 0 Å². The van der Waals surface area contributed by atoms with Crippen LogP contribution in [0.2, 0.25) is 0 Å². The van der Waals surface area contributed by atoms with Crippen molar-refractivity contribution in [1.29, 1.82) is 0 Å². The van der Waals surface area contributed by atoms with E-state index in [0.717, 1.165) is 0 Å². The summed E-state index contributed by atoms with van der Waals surface area (Å²) in [7, 11) is -5.32. The average Bonchev–Trinajstić information content (AvgIpc) is 2.93. The summed E-state index contributed by atoms with van der Waals surface area (Å²) in [4.78, 5) is 0. The second kappa shape index (κ2) is 10.5. The van der Waals surface area contributed by atoms with Crippen LogP contribution in [0.3, 0.4) is 0 Å². The number of hydrogen-bond donors (Lipinski definition) is 6. The first kappa shape index (κ1) is 25.5. The van der Waals surface area contributed by atoms with Crippen LogP contribution < -0.4 is 29.6 Å². The minimum absolute atomic E-state index is 0. The van der Waals surface area contributed by atoms with E-state index in [4.69, 9.17) is 19.3 Å². The Morgan fingerprint density at radius 3 is 2.30 bits per heavy atom. The summed E-state index contributed by atoms with van der Waals surface area (Å²) >= 11 is 0. The van der Waals surface area contributed by atoms with Crippen molar-refractivity contribution in [2.75, 3.05) is 19.8 Å². The Kier molecular flexibility index (Phi) is 9.95. The molecular formula is C12H21NaO13S. The smallest absolute Gasteiger partial charge is 0.726 e. The topological polar surface area (TPSA) is 215 Å². The molecule has 0 aliphatic carbocycles. The fraction of sp³-hybridized carbons (Fsp3) is 1.00. The zero-order chi connectivity index (χ0) is 19.6. The quantitative estimate of drug-likeness (QED) is 0.126. The largest absolute Gasteiger partial charge is 1.00 e. The summed E-state index contributed by atoms with van der Waals surface area (Å²) in [5.41, 5.74) is 0. The van der Waals surface area contributed by atoms with E-state index in [-0.39, 0.29) is 36.2 Å². The summed E-state index contributed by atoms with van der Waals surface area (Å²) in [5.74, 6) is 0. The molecule has 0 saturated carbocycles. The fourth-order valence-corrected chi connectivity index (χ4v) is 3.29. The maximum atomic E-state index is 10.8. The van der Waals surface area contributed by atoms with Gasteiger partial charge in [0.05, 0.1) is 19.8 Å². The number of hydrogen-bond acceptors (Lipinski definition) is 13. The van der Waals surface area contributed by atoms with Gasteiger partial charge in [0.15, 0.2) is 6.29 Å². The van der Waals surface area contributed by atoms with Crippen molar-refractivity contribution in [3.05, 3.63) is 0 Å². The van der Waals surface area contributed by atoms with Gasteiger partial charge in [-0.15, -0.1) is 0 Å². The van der Waals surface area contributed by atoms with E-state index in [9.17, 15) is 38.5 Å². The molecule has 0 unspecified atom stereocenters. The molecule has 2 heterocycles. The van der Waals surface area contributed by atoms with E-state index in [1.807, 2.05) is 0 Å².